The highest BCUT2D eigenvalue weighted by Crippen LogP contribution is 2.17. The predicted molar refractivity (Wildman–Crippen MR) is 84.1 cm³/mol. The van der Waals surface area contributed by atoms with Gasteiger partial charge in [0.15, 0.2) is 0 Å². The van der Waals surface area contributed by atoms with Crippen molar-refractivity contribution in [3.63, 3.8) is 0 Å². The molecule has 0 aliphatic rings. The van der Waals surface area contributed by atoms with Crippen LogP contribution in [0.3, 0.4) is 0 Å². The molecule has 2 aromatic rings. The minimum atomic E-state index is -0.0421. The van der Waals surface area contributed by atoms with E-state index in [1.807, 2.05) is 48.7 Å². The quantitative estimate of drug-likeness (QED) is 0.855. The van der Waals surface area contributed by atoms with Gasteiger partial charge in [-0.3, -0.25) is 4.79 Å². The van der Waals surface area contributed by atoms with E-state index in [4.69, 9.17) is 9.47 Å². The lowest BCUT2D eigenvalue weighted by Gasteiger charge is -2.15. The van der Waals surface area contributed by atoms with Gasteiger partial charge in [-0.15, -0.1) is 11.3 Å². The van der Waals surface area contributed by atoms with Crippen LogP contribution in [0.1, 0.15) is 11.8 Å². The molecule has 0 aliphatic carbocycles. The smallest absolute Gasteiger partial charge is 0.225 e. The minimum Gasteiger partial charge on any atom is -0.497 e. The summed E-state index contributed by atoms with van der Waals surface area (Å²) in [5, 5.41) is 4.90. The number of carbonyl (C=O) groups is 1. The monoisotopic (exact) mass is 305 g/mol. The number of ether oxygens (including phenoxy) is 2. The molecule has 0 saturated carbocycles. The van der Waals surface area contributed by atoms with Crippen LogP contribution in [0.4, 0.5) is 0 Å². The lowest BCUT2D eigenvalue weighted by molar-refractivity contribution is -0.121. The summed E-state index contributed by atoms with van der Waals surface area (Å²) in [6.07, 6.45) is 0.421. The molecule has 1 amide bonds. The van der Waals surface area contributed by atoms with Crippen LogP contribution in [0.15, 0.2) is 41.8 Å². The number of thiophene rings is 1. The standard InChI is InChI=1S/C16H19NO3S/c1-12(17-16(18)10-15-4-3-9-21-15)11-20-14-7-5-13(19-2)6-8-14/h3-9,12H,10-11H2,1-2H3,(H,17,18). The van der Waals surface area contributed by atoms with Crippen LogP contribution >= 0.6 is 11.3 Å². The van der Waals surface area contributed by atoms with Crippen molar-refractivity contribution in [3.8, 4) is 11.5 Å². The second-order valence-electron chi connectivity index (χ2n) is 4.71. The Kier molecular flexibility index (Phi) is 5.63. The predicted octanol–water partition coefficient (Wildman–Crippen LogP) is 2.88. The van der Waals surface area contributed by atoms with Gasteiger partial charge in [-0.05, 0) is 42.6 Å². The molecule has 1 aromatic heterocycles. The second kappa shape index (κ2) is 7.69. The number of methoxy groups -OCH3 is 1. The SMILES string of the molecule is COc1ccc(OCC(C)NC(=O)Cc2cccs2)cc1. The normalized spacial score (nSPS) is 11.7. The van der Waals surface area contributed by atoms with E-state index in [0.717, 1.165) is 16.4 Å². The molecule has 2 rings (SSSR count). The Balaban J connectivity index is 1.73. The first kappa shape index (κ1) is 15.4. The summed E-state index contributed by atoms with van der Waals surface area (Å²) in [4.78, 5) is 12.9. The van der Waals surface area contributed by atoms with Crippen LogP contribution in [0, 0.1) is 0 Å². The first-order chi connectivity index (χ1) is 10.2. The highest BCUT2D eigenvalue weighted by molar-refractivity contribution is 7.10. The molecule has 4 nitrogen and oxygen atoms in total. The Morgan fingerprint density at radius 2 is 1.95 bits per heavy atom. The number of benzene rings is 1. The van der Waals surface area contributed by atoms with Gasteiger partial charge >= 0.3 is 0 Å². The summed E-state index contributed by atoms with van der Waals surface area (Å²) in [6, 6.07) is 11.2. The molecule has 0 spiro atoms. The zero-order valence-corrected chi connectivity index (χ0v) is 13.0. The number of hydrogen-bond acceptors (Lipinski definition) is 4. The van der Waals surface area contributed by atoms with Gasteiger partial charge in [-0.25, -0.2) is 0 Å². The van der Waals surface area contributed by atoms with Crippen molar-refractivity contribution in [1.82, 2.24) is 5.32 Å². The third-order valence-electron chi connectivity index (χ3n) is 2.88. The van der Waals surface area contributed by atoms with Crippen LogP contribution in [-0.2, 0) is 11.2 Å². The van der Waals surface area contributed by atoms with Gasteiger partial charge in [-0.2, -0.15) is 0 Å². The molecule has 0 aliphatic heterocycles. The fraction of sp³-hybridized carbons (Fsp3) is 0.312. The molecule has 21 heavy (non-hydrogen) atoms. The Morgan fingerprint density at radius 1 is 1.24 bits per heavy atom. The van der Waals surface area contributed by atoms with Gasteiger partial charge in [-0.1, -0.05) is 6.07 Å². The van der Waals surface area contributed by atoms with Crippen LogP contribution in [0.5, 0.6) is 11.5 Å². The molecule has 0 bridgehead atoms. The molecular weight excluding hydrogens is 286 g/mol. The van der Waals surface area contributed by atoms with Crippen molar-refractivity contribution in [2.24, 2.45) is 0 Å². The van der Waals surface area contributed by atoms with Crippen molar-refractivity contribution in [1.29, 1.82) is 0 Å². The highest BCUT2D eigenvalue weighted by atomic mass is 32.1. The maximum Gasteiger partial charge on any atom is 0.225 e. The molecule has 112 valence electrons. The lowest BCUT2D eigenvalue weighted by Crippen LogP contribution is -2.37. The van der Waals surface area contributed by atoms with Gasteiger partial charge in [0.25, 0.3) is 0 Å². The van der Waals surface area contributed by atoms with E-state index in [-0.39, 0.29) is 11.9 Å². The molecular formula is C16H19NO3S. The number of hydrogen-bond donors (Lipinski definition) is 1. The zero-order chi connectivity index (χ0) is 15.1. The third kappa shape index (κ3) is 5.11. The van der Waals surface area contributed by atoms with Crippen molar-refractivity contribution in [2.45, 2.75) is 19.4 Å². The lowest BCUT2D eigenvalue weighted by atomic mass is 10.3. The molecule has 1 unspecified atom stereocenters. The molecule has 0 radical (unpaired) electrons. The van der Waals surface area contributed by atoms with Crippen LogP contribution in [-0.4, -0.2) is 25.7 Å². The Bertz CT molecular complexity index is 551. The van der Waals surface area contributed by atoms with Gasteiger partial charge in [0.1, 0.15) is 18.1 Å². The maximum absolute atomic E-state index is 11.8. The van der Waals surface area contributed by atoms with E-state index in [9.17, 15) is 4.79 Å². The summed E-state index contributed by atoms with van der Waals surface area (Å²) in [5.41, 5.74) is 0. The van der Waals surface area contributed by atoms with Crippen LogP contribution < -0.4 is 14.8 Å². The van der Waals surface area contributed by atoms with Crippen molar-refractivity contribution >= 4 is 17.2 Å². The first-order valence-electron chi connectivity index (χ1n) is 6.76. The van der Waals surface area contributed by atoms with E-state index in [0.29, 0.717) is 13.0 Å². The summed E-state index contributed by atoms with van der Waals surface area (Å²) >= 11 is 1.59. The van der Waals surface area contributed by atoms with E-state index in [2.05, 4.69) is 5.32 Å². The molecule has 0 fully saturated rings. The maximum atomic E-state index is 11.8. The van der Waals surface area contributed by atoms with Crippen LogP contribution in [0.25, 0.3) is 0 Å². The average molecular weight is 305 g/mol. The largest absolute Gasteiger partial charge is 0.497 e. The van der Waals surface area contributed by atoms with E-state index in [1.165, 1.54) is 0 Å². The van der Waals surface area contributed by atoms with Gasteiger partial charge in [0, 0.05) is 4.88 Å². The van der Waals surface area contributed by atoms with Crippen molar-refractivity contribution in [3.05, 3.63) is 46.7 Å². The van der Waals surface area contributed by atoms with E-state index in [1.54, 1.807) is 18.4 Å². The molecule has 1 aromatic carbocycles. The van der Waals surface area contributed by atoms with Gasteiger partial charge < -0.3 is 14.8 Å². The molecule has 1 heterocycles. The molecule has 5 heteroatoms. The number of nitrogens with one attached hydrogen (secondary N) is 1. The summed E-state index contributed by atoms with van der Waals surface area (Å²) in [5.74, 6) is 1.57. The van der Waals surface area contributed by atoms with Gasteiger partial charge in [0.05, 0.1) is 19.6 Å². The minimum absolute atomic E-state index is 0.0169. The average Bonchev–Trinajstić information content (AvgIpc) is 2.98. The molecule has 1 atom stereocenters. The number of amides is 1. The highest BCUT2D eigenvalue weighted by Gasteiger charge is 2.09. The fourth-order valence-electron chi connectivity index (χ4n) is 1.83. The Morgan fingerprint density at radius 3 is 2.57 bits per heavy atom. The summed E-state index contributed by atoms with van der Waals surface area (Å²) in [6.45, 7) is 2.36. The first-order valence-corrected chi connectivity index (χ1v) is 7.64. The van der Waals surface area contributed by atoms with Crippen molar-refractivity contribution in [2.75, 3.05) is 13.7 Å². The Hall–Kier alpha value is -2.01. The number of carbonyl (C=O) groups excluding carboxylic acids is 1. The van der Waals surface area contributed by atoms with E-state index < -0.39 is 0 Å². The third-order valence-corrected chi connectivity index (χ3v) is 3.76. The summed E-state index contributed by atoms with van der Waals surface area (Å²) < 4.78 is 10.7. The fourth-order valence-corrected chi connectivity index (χ4v) is 2.54. The number of rotatable bonds is 7. The summed E-state index contributed by atoms with van der Waals surface area (Å²) in [7, 11) is 1.63. The Labute approximate surface area is 128 Å². The molecule has 0 saturated heterocycles. The molecule has 1 N–H and O–H groups in total. The van der Waals surface area contributed by atoms with Crippen LogP contribution in [0.2, 0.25) is 0 Å². The van der Waals surface area contributed by atoms with Gasteiger partial charge in [0.2, 0.25) is 5.91 Å². The zero-order valence-electron chi connectivity index (χ0n) is 12.2. The van der Waals surface area contributed by atoms with E-state index >= 15 is 0 Å². The topological polar surface area (TPSA) is 47.6 Å². The van der Waals surface area contributed by atoms with Crippen molar-refractivity contribution < 1.29 is 14.3 Å². The second-order valence-corrected chi connectivity index (χ2v) is 5.74.